The molecule has 0 fully saturated rings. The zero-order chi connectivity index (χ0) is 9.68. The maximum Gasteiger partial charge on any atom is 0.135 e. The first-order valence-corrected chi connectivity index (χ1v) is 4.14. The number of aromatic nitrogens is 1. The van der Waals surface area contributed by atoms with Crippen molar-refractivity contribution in [1.29, 1.82) is 0 Å². The predicted molar refractivity (Wildman–Crippen MR) is 49.3 cm³/mol. The zero-order valence-corrected chi connectivity index (χ0v) is 7.91. The second-order valence-corrected chi connectivity index (χ2v) is 2.97. The van der Waals surface area contributed by atoms with E-state index in [1.54, 1.807) is 20.2 Å². The van der Waals surface area contributed by atoms with Crippen LogP contribution < -0.4 is 0 Å². The van der Waals surface area contributed by atoms with Crippen LogP contribution in [0.5, 0.6) is 0 Å². The molecule has 1 aromatic rings. The predicted octanol–water partition coefficient (Wildman–Crippen LogP) is 1.36. The topological polar surface area (TPSA) is 39.2 Å². The van der Waals surface area contributed by atoms with Crippen molar-refractivity contribution in [3.05, 3.63) is 29.6 Å². The Hall–Kier alpha value is -1.22. The quantitative estimate of drug-likeness (QED) is 0.700. The van der Waals surface area contributed by atoms with Gasteiger partial charge in [-0.2, -0.15) is 0 Å². The number of hydrogen-bond donors (Lipinski definition) is 0. The highest BCUT2D eigenvalue weighted by Gasteiger charge is 2.00. The lowest BCUT2D eigenvalue weighted by molar-refractivity contribution is -0.116. The molecule has 0 aliphatic carbocycles. The van der Waals surface area contributed by atoms with Crippen molar-refractivity contribution in [2.24, 2.45) is 0 Å². The summed E-state index contributed by atoms with van der Waals surface area (Å²) in [6.07, 6.45) is 2.10. The first-order chi connectivity index (χ1) is 6.22. The monoisotopic (exact) mass is 179 g/mol. The van der Waals surface area contributed by atoms with E-state index in [1.165, 1.54) is 0 Å². The van der Waals surface area contributed by atoms with E-state index in [4.69, 9.17) is 4.74 Å². The van der Waals surface area contributed by atoms with Crippen LogP contribution in [0, 0.1) is 0 Å². The van der Waals surface area contributed by atoms with E-state index >= 15 is 0 Å². The normalized spacial score (nSPS) is 10.0. The Morgan fingerprint density at radius 1 is 1.62 bits per heavy atom. The molecule has 1 aromatic heterocycles. The van der Waals surface area contributed by atoms with Crippen molar-refractivity contribution in [3.8, 4) is 0 Å². The first-order valence-electron chi connectivity index (χ1n) is 4.14. The second-order valence-electron chi connectivity index (χ2n) is 2.97. The van der Waals surface area contributed by atoms with Crippen molar-refractivity contribution < 1.29 is 9.53 Å². The van der Waals surface area contributed by atoms with Gasteiger partial charge in [-0.3, -0.25) is 9.78 Å². The number of pyridine rings is 1. The Balaban J connectivity index is 2.73. The number of carbonyl (C=O) groups is 1. The van der Waals surface area contributed by atoms with Gasteiger partial charge in [-0.05, 0) is 24.6 Å². The largest absolute Gasteiger partial charge is 0.380 e. The SMILES string of the molecule is COCc1ccnc(CC(C)=O)c1. The van der Waals surface area contributed by atoms with Gasteiger partial charge in [0.15, 0.2) is 0 Å². The number of nitrogens with zero attached hydrogens (tertiary/aromatic N) is 1. The van der Waals surface area contributed by atoms with E-state index in [0.29, 0.717) is 13.0 Å². The number of Topliss-reactive ketones (excluding diaryl/α,β-unsaturated/α-hetero) is 1. The van der Waals surface area contributed by atoms with E-state index in [1.807, 2.05) is 12.1 Å². The van der Waals surface area contributed by atoms with Crippen molar-refractivity contribution in [2.75, 3.05) is 7.11 Å². The number of ketones is 1. The third-order valence-electron chi connectivity index (χ3n) is 1.62. The van der Waals surface area contributed by atoms with E-state index in [9.17, 15) is 4.79 Å². The van der Waals surface area contributed by atoms with Gasteiger partial charge >= 0.3 is 0 Å². The lowest BCUT2D eigenvalue weighted by Gasteiger charge is -2.01. The first kappa shape index (κ1) is 9.86. The molecule has 0 atom stereocenters. The Morgan fingerprint density at radius 3 is 3.00 bits per heavy atom. The molecule has 3 nitrogen and oxygen atoms in total. The Labute approximate surface area is 77.8 Å². The van der Waals surface area contributed by atoms with Crippen LogP contribution in [-0.4, -0.2) is 17.9 Å². The minimum absolute atomic E-state index is 0.127. The molecule has 0 N–H and O–H groups in total. The molecular formula is C10H13NO2. The number of hydrogen-bond acceptors (Lipinski definition) is 3. The second kappa shape index (κ2) is 4.72. The van der Waals surface area contributed by atoms with Gasteiger partial charge < -0.3 is 4.74 Å². The van der Waals surface area contributed by atoms with E-state index in [0.717, 1.165) is 11.3 Å². The molecule has 3 heteroatoms. The number of carbonyl (C=O) groups excluding carboxylic acids is 1. The average Bonchev–Trinajstić information content (AvgIpc) is 2.04. The molecule has 0 aliphatic rings. The average molecular weight is 179 g/mol. The maximum atomic E-state index is 10.8. The third-order valence-corrected chi connectivity index (χ3v) is 1.62. The molecule has 1 heterocycles. The summed E-state index contributed by atoms with van der Waals surface area (Å²) in [6, 6.07) is 3.78. The fourth-order valence-corrected chi connectivity index (χ4v) is 1.14. The van der Waals surface area contributed by atoms with Crippen LogP contribution in [-0.2, 0) is 22.6 Å². The molecule has 13 heavy (non-hydrogen) atoms. The molecule has 0 aliphatic heterocycles. The fourth-order valence-electron chi connectivity index (χ4n) is 1.14. The Morgan fingerprint density at radius 2 is 2.38 bits per heavy atom. The number of ether oxygens (including phenoxy) is 1. The zero-order valence-electron chi connectivity index (χ0n) is 7.91. The summed E-state index contributed by atoms with van der Waals surface area (Å²) in [6.45, 7) is 2.12. The van der Waals surface area contributed by atoms with Gasteiger partial charge in [0.05, 0.1) is 6.61 Å². The van der Waals surface area contributed by atoms with Crippen LogP contribution in [0.15, 0.2) is 18.3 Å². The van der Waals surface area contributed by atoms with E-state index < -0.39 is 0 Å². The van der Waals surface area contributed by atoms with Gasteiger partial charge in [-0.1, -0.05) is 0 Å². The third kappa shape index (κ3) is 3.34. The molecule has 0 spiro atoms. The fraction of sp³-hybridized carbons (Fsp3) is 0.400. The maximum absolute atomic E-state index is 10.8. The smallest absolute Gasteiger partial charge is 0.135 e. The molecule has 0 saturated carbocycles. The van der Waals surface area contributed by atoms with Gasteiger partial charge in [0.25, 0.3) is 0 Å². The van der Waals surface area contributed by atoms with Gasteiger partial charge in [0.2, 0.25) is 0 Å². The lowest BCUT2D eigenvalue weighted by Crippen LogP contribution is -2.00. The summed E-state index contributed by atoms with van der Waals surface area (Å²) in [5.74, 6) is 0.127. The van der Waals surface area contributed by atoms with E-state index in [2.05, 4.69) is 4.98 Å². The Kier molecular flexibility index (Phi) is 3.58. The summed E-state index contributed by atoms with van der Waals surface area (Å²) in [7, 11) is 1.64. The summed E-state index contributed by atoms with van der Waals surface area (Å²) in [5.41, 5.74) is 1.86. The highest BCUT2D eigenvalue weighted by Crippen LogP contribution is 2.03. The van der Waals surface area contributed by atoms with Crippen LogP contribution in [0.1, 0.15) is 18.2 Å². The molecule has 0 radical (unpaired) electrons. The lowest BCUT2D eigenvalue weighted by atomic mass is 10.2. The van der Waals surface area contributed by atoms with Gasteiger partial charge in [0, 0.05) is 25.4 Å². The minimum atomic E-state index is 0.127. The standard InChI is InChI=1S/C10H13NO2/c1-8(12)5-10-6-9(7-13-2)3-4-11-10/h3-4,6H,5,7H2,1-2H3. The van der Waals surface area contributed by atoms with Crippen molar-refractivity contribution >= 4 is 5.78 Å². The summed E-state index contributed by atoms with van der Waals surface area (Å²) in [4.78, 5) is 14.9. The molecule has 0 amide bonds. The molecule has 70 valence electrons. The van der Waals surface area contributed by atoms with Gasteiger partial charge in [0.1, 0.15) is 5.78 Å². The van der Waals surface area contributed by atoms with Crippen molar-refractivity contribution in [1.82, 2.24) is 4.98 Å². The Bertz CT molecular complexity index is 297. The number of methoxy groups -OCH3 is 1. The molecule has 1 rings (SSSR count). The van der Waals surface area contributed by atoms with Crippen LogP contribution in [0.4, 0.5) is 0 Å². The van der Waals surface area contributed by atoms with Gasteiger partial charge in [-0.15, -0.1) is 0 Å². The van der Waals surface area contributed by atoms with Gasteiger partial charge in [-0.25, -0.2) is 0 Å². The highest BCUT2D eigenvalue weighted by molar-refractivity contribution is 5.77. The number of rotatable bonds is 4. The van der Waals surface area contributed by atoms with Crippen LogP contribution in [0.25, 0.3) is 0 Å². The van der Waals surface area contributed by atoms with Crippen molar-refractivity contribution in [3.63, 3.8) is 0 Å². The molecule has 0 saturated heterocycles. The molecule has 0 aromatic carbocycles. The summed E-state index contributed by atoms with van der Waals surface area (Å²) >= 11 is 0. The molecule has 0 unspecified atom stereocenters. The minimum Gasteiger partial charge on any atom is -0.380 e. The van der Waals surface area contributed by atoms with Crippen LogP contribution in [0.3, 0.4) is 0 Å². The summed E-state index contributed by atoms with van der Waals surface area (Å²) in [5, 5.41) is 0. The highest BCUT2D eigenvalue weighted by atomic mass is 16.5. The van der Waals surface area contributed by atoms with Crippen molar-refractivity contribution in [2.45, 2.75) is 20.0 Å². The van der Waals surface area contributed by atoms with E-state index in [-0.39, 0.29) is 5.78 Å². The molecular weight excluding hydrogens is 166 g/mol. The molecule has 0 bridgehead atoms. The van der Waals surface area contributed by atoms with Crippen LogP contribution >= 0.6 is 0 Å². The van der Waals surface area contributed by atoms with Crippen LogP contribution in [0.2, 0.25) is 0 Å². The summed E-state index contributed by atoms with van der Waals surface area (Å²) < 4.78 is 4.98.